The first-order valence-electron chi connectivity index (χ1n) is 7.35. The Kier molecular flexibility index (Phi) is 5.44. The molecule has 0 saturated heterocycles. The maximum absolute atomic E-state index is 13.3. The summed E-state index contributed by atoms with van der Waals surface area (Å²) >= 11 is 3.43. The molecule has 1 fully saturated rings. The zero-order valence-corrected chi connectivity index (χ0v) is 13.8. The molecule has 2 rings (SSSR count). The Bertz CT molecular complexity index is 446. The Morgan fingerprint density at radius 3 is 2.75 bits per heavy atom. The first-order valence-corrected chi connectivity index (χ1v) is 8.15. The van der Waals surface area contributed by atoms with E-state index < -0.39 is 0 Å². The van der Waals surface area contributed by atoms with Crippen LogP contribution in [-0.2, 0) is 0 Å². The molecule has 4 heteroatoms. The van der Waals surface area contributed by atoms with Crippen molar-refractivity contribution in [3.05, 3.63) is 28.5 Å². The largest absolute Gasteiger partial charge is 0.486 e. The molecule has 0 spiro atoms. The van der Waals surface area contributed by atoms with Gasteiger partial charge in [0.05, 0.1) is 4.47 Å². The third kappa shape index (κ3) is 4.19. The van der Waals surface area contributed by atoms with E-state index in [1.807, 2.05) is 0 Å². The van der Waals surface area contributed by atoms with Crippen molar-refractivity contribution in [1.29, 1.82) is 0 Å². The number of halogens is 2. The van der Waals surface area contributed by atoms with E-state index in [1.54, 1.807) is 6.07 Å². The minimum Gasteiger partial charge on any atom is -0.486 e. The number of rotatable bonds is 7. The molecule has 0 radical (unpaired) electrons. The Labute approximate surface area is 129 Å². The maximum Gasteiger partial charge on any atom is 0.137 e. The summed E-state index contributed by atoms with van der Waals surface area (Å²) in [7, 11) is 0. The van der Waals surface area contributed by atoms with Gasteiger partial charge < -0.3 is 10.1 Å². The molecular weight excluding hydrogens is 321 g/mol. The van der Waals surface area contributed by atoms with Crippen molar-refractivity contribution in [2.45, 2.75) is 45.1 Å². The van der Waals surface area contributed by atoms with Crippen LogP contribution in [0.3, 0.4) is 0 Å². The maximum atomic E-state index is 13.3. The van der Waals surface area contributed by atoms with Crippen LogP contribution in [0.1, 0.15) is 39.5 Å². The van der Waals surface area contributed by atoms with Gasteiger partial charge in [0.1, 0.15) is 17.2 Å². The van der Waals surface area contributed by atoms with Crippen LogP contribution >= 0.6 is 15.9 Å². The second kappa shape index (κ2) is 6.90. The zero-order chi connectivity index (χ0) is 14.6. The predicted molar refractivity (Wildman–Crippen MR) is 83.6 cm³/mol. The molecule has 1 N–H and O–H groups in total. The SMILES string of the molecule is CC(C)CNCCC1(Oc2cc(F)ccc2Br)CCC1. The quantitative estimate of drug-likeness (QED) is 0.734. The minimum atomic E-state index is -0.254. The van der Waals surface area contributed by atoms with Crippen molar-refractivity contribution in [2.75, 3.05) is 13.1 Å². The molecule has 2 nitrogen and oxygen atoms in total. The van der Waals surface area contributed by atoms with Gasteiger partial charge in [-0.15, -0.1) is 0 Å². The van der Waals surface area contributed by atoms with Crippen molar-refractivity contribution in [3.8, 4) is 5.75 Å². The highest BCUT2D eigenvalue weighted by Gasteiger charge is 2.39. The van der Waals surface area contributed by atoms with Crippen LogP contribution in [0.4, 0.5) is 4.39 Å². The van der Waals surface area contributed by atoms with Crippen molar-refractivity contribution in [2.24, 2.45) is 5.92 Å². The molecule has 0 heterocycles. The number of hydrogen-bond donors (Lipinski definition) is 1. The van der Waals surface area contributed by atoms with Crippen LogP contribution in [0.5, 0.6) is 5.75 Å². The third-order valence-electron chi connectivity index (χ3n) is 3.79. The summed E-state index contributed by atoms with van der Waals surface area (Å²) in [6.07, 6.45) is 4.28. The Balaban J connectivity index is 1.92. The molecule has 1 aliphatic carbocycles. The fourth-order valence-corrected chi connectivity index (χ4v) is 2.80. The van der Waals surface area contributed by atoms with Crippen LogP contribution < -0.4 is 10.1 Å². The molecule has 1 aliphatic rings. The van der Waals surface area contributed by atoms with Crippen LogP contribution in [-0.4, -0.2) is 18.7 Å². The molecule has 0 unspecified atom stereocenters. The van der Waals surface area contributed by atoms with Crippen LogP contribution in [0.25, 0.3) is 0 Å². The van der Waals surface area contributed by atoms with Crippen LogP contribution in [0.15, 0.2) is 22.7 Å². The van der Waals surface area contributed by atoms with Crippen LogP contribution in [0.2, 0.25) is 0 Å². The van der Waals surface area contributed by atoms with Crippen molar-refractivity contribution < 1.29 is 9.13 Å². The molecule has 112 valence electrons. The van der Waals surface area contributed by atoms with E-state index in [2.05, 4.69) is 35.1 Å². The Hall–Kier alpha value is -0.610. The number of hydrogen-bond acceptors (Lipinski definition) is 2. The zero-order valence-electron chi connectivity index (χ0n) is 12.2. The van der Waals surface area contributed by atoms with E-state index in [1.165, 1.54) is 18.6 Å². The summed E-state index contributed by atoms with van der Waals surface area (Å²) in [5.74, 6) is 1.02. The van der Waals surface area contributed by atoms with E-state index >= 15 is 0 Å². The molecule has 1 aromatic carbocycles. The smallest absolute Gasteiger partial charge is 0.137 e. The summed E-state index contributed by atoms with van der Waals surface area (Å²) in [6, 6.07) is 4.61. The van der Waals surface area contributed by atoms with Gasteiger partial charge in [-0.25, -0.2) is 4.39 Å². The van der Waals surface area contributed by atoms with Gasteiger partial charge in [0, 0.05) is 6.07 Å². The fourth-order valence-electron chi connectivity index (χ4n) is 2.47. The molecule has 0 amide bonds. The van der Waals surface area contributed by atoms with Gasteiger partial charge in [0.2, 0.25) is 0 Å². The standard InChI is InChI=1S/C16H23BrFNO/c1-12(2)11-19-9-8-16(6-3-7-16)20-15-10-13(18)4-5-14(15)17/h4-5,10,12,19H,3,6-9,11H2,1-2H3. The first-order chi connectivity index (χ1) is 9.51. The van der Waals surface area contributed by atoms with Crippen LogP contribution in [0, 0.1) is 11.7 Å². The second-order valence-corrected chi connectivity index (χ2v) is 6.92. The van der Waals surface area contributed by atoms with E-state index in [0.717, 1.165) is 36.8 Å². The molecule has 0 atom stereocenters. The monoisotopic (exact) mass is 343 g/mol. The summed E-state index contributed by atoms with van der Waals surface area (Å²) in [5.41, 5.74) is -0.111. The molecular formula is C16H23BrFNO. The molecule has 1 saturated carbocycles. The lowest BCUT2D eigenvalue weighted by molar-refractivity contribution is -0.0151. The van der Waals surface area contributed by atoms with Gasteiger partial charge in [-0.3, -0.25) is 0 Å². The number of nitrogens with one attached hydrogen (secondary N) is 1. The molecule has 20 heavy (non-hydrogen) atoms. The average molecular weight is 344 g/mol. The predicted octanol–water partition coefficient (Wildman–Crippen LogP) is 4.53. The molecule has 0 aromatic heterocycles. The lowest BCUT2D eigenvalue weighted by Gasteiger charge is -2.42. The average Bonchev–Trinajstić information content (AvgIpc) is 2.35. The highest BCUT2D eigenvalue weighted by atomic mass is 79.9. The summed E-state index contributed by atoms with van der Waals surface area (Å²) in [4.78, 5) is 0. The minimum absolute atomic E-state index is 0.111. The summed E-state index contributed by atoms with van der Waals surface area (Å²) in [6.45, 7) is 6.38. The van der Waals surface area contributed by atoms with E-state index in [4.69, 9.17) is 4.74 Å². The van der Waals surface area contributed by atoms with E-state index in [0.29, 0.717) is 11.7 Å². The van der Waals surface area contributed by atoms with E-state index in [-0.39, 0.29) is 11.4 Å². The highest BCUT2D eigenvalue weighted by Crippen LogP contribution is 2.41. The molecule has 0 bridgehead atoms. The fraction of sp³-hybridized carbons (Fsp3) is 0.625. The van der Waals surface area contributed by atoms with Gasteiger partial charge in [0.15, 0.2) is 0 Å². The van der Waals surface area contributed by atoms with Gasteiger partial charge in [-0.2, -0.15) is 0 Å². The number of benzene rings is 1. The third-order valence-corrected chi connectivity index (χ3v) is 4.45. The first kappa shape index (κ1) is 15.8. The van der Waals surface area contributed by atoms with Crippen molar-refractivity contribution in [1.82, 2.24) is 5.32 Å². The van der Waals surface area contributed by atoms with Crippen molar-refractivity contribution >= 4 is 15.9 Å². The van der Waals surface area contributed by atoms with Gasteiger partial charge in [-0.1, -0.05) is 13.8 Å². The normalized spacial score (nSPS) is 17.1. The van der Waals surface area contributed by atoms with Gasteiger partial charge >= 0.3 is 0 Å². The Morgan fingerprint density at radius 1 is 1.40 bits per heavy atom. The van der Waals surface area contributed by atoms with Gasteiger partial charge in [0.25, 0.3) is 0 Å². The summed E-state index contributed by atoms with van der Waals surface area (Å²) in [5, 5.41) is 3.45. The topological polar surface area (TPSA) is 21.3 Å². The lowest BCUT2D eigenvalue weighted by Crippen LogP contribution is -2.45. The lowest BCUT2D eigenvalue weighted by atomic mass is 9.77. The molecule has 1 aromatic rings. The van der Waals surface area contributed by atoms with Crippen molar-refractivity contribution in [3.63, 3.8) is 0 Å². The van der Waals surface area contributed by atoms with Gasteiger partial charge in [-0.05, 0) is 72.8 Å². The second-order valence-electron chi connectivity index (χ2n) is 6.06. The number of ether oxygens (including phenoxy) is 1. The highest BCUT2D eigenvalue weighted by molar-refractivity contribution is 9.10. The molecule has 0 aliphatic heterocycles. The van der Waals surface area contributed by atoms with E-state index in [9.17, 15) is 4.39 Å². The summed E-state index contributed by atoms with van der Waals surface area (Å²) < 4.78 is 20.3. The Morgan fingerprint density at radius 2 is 2.15 bits per heavy atom.